The van der Waals surface area contributed by atoms with E-state index in [1.54, 1.807) is 6.92 Å². The Bertz CT molecular complexity index is 591. The Morgan fingerprint density at radius 1 is 1.53 bits per heavy atom. The molecule has 0 spiro atoms. The number of amides is 1. The van der Waals surface area contributed by atoms with Crippen LogP contribution in [0.3, 0.4) is 0 Å². The first-order chi connectivity index (χ1) is 8.96. The molecule has 1 N–H and O–H groups in total. The van der Waals surface area contributed by atoms with Crippen LogP contribution in [0.15, 0.2) is 23.4 Å². The molecule has 2 heterocycles. The van der Waals surface area contributed by atoms with E-state index in [4.69, 9.17) is 0 Å². The molecule has 0 aromatic carbocycles. The molecule has 0 bridgehead atoms. The van der Waals surface area contributed by atoms with E-state index in [2.05, 4.69) is 10.3 Å². The lowest BCUT2D eigenvalue weighted by Crippen LogP contribution is -2.56. The van der Waals surface area contributed by atoms with E-state index in [1.807, 2.05) is 0 Å². The van der Waals surface area contributed by atoms with Crippen LogP contribution in [-0.4, -0.2) is 42.7 Å². The third kappa shape index (κ3) is 2.59. The van der Waals surface area contributed by atoms with Crippen LogP contribution in [0.2, 0.25) is 0 Å². The van der Waals surface area contributed by atoms with Crippen molar-refractivity contribution < 1.29 is 17.6 Å². The summed E-state index contributed by atoms with van der Waals surface area (Å²) in [5, 5.41) is 2.61. The van der Waals surface area contributed by atoms with Crippen LogP contribution in [0, 0.1) is 5.82 Å². The Morgan fingerprint density at radius 2 is 2.26 bits per heavy atom. The summed E-state index contributed by atoms with van der Waals surface area (Å²) in [7, 11) is -3.91. The molecule has 1 aromatic heterocycles. The summed E-state index contributed by atoms with van der Waals surface area (Å²) in [6, 6.07) is 0.142. The number of hydrogen-bond donors (Lipinski definition) is 1. The minimum Gasteiger partial charge on any atom is -0.353 e. The number of carbonyl (C=O) groups is 1. The van der Waals surface area contributed by atoms with Crippen molar-refractivity contribution in [2.45, 2.75) is 24.3 Å². The monoisotopic (exact) mass is 287 g/mol. The Labute approximate surface area is 110 Å². The van der Waals surface area contributed by atoms with Crippen molar-refractivity contribution in [3.8, 4) is 0 Å². The molecule has 19 heavy (non-hydrogen) atoms. The highest BCUT2D eigenvalue weighted by molar-refractivity contribution is 7.89. The van der Waals surface area contributed by atoms with Crippen molar-refractivity contribution in [1.82, 2.24) is 14.6 Å². The van der Waals surface area contributed by atoms with E-state index in [9.17, 15) is 17.6 Å². The minimum absolute atomic E-state index is 0.170. The first-order valence-electron chi connectivity index (χ1n) is 5.87. The van der Waals surface area contributed by atoms with Gasteiger partial charge in [-0.25, -0.2) is 12.8 Å². The highest BCUT2D eigenvalue weighted by atomic mass is 32.2. The second-order valence-electron chi connectivity index (χ2n) is 4.17. The lowest BCUT2D eigenvalue weighted by molar-refractivity contribution is -0.126. The second-order valence-corrected chi connectivity index (χ2v) is 6.06. The molecule has 1 aliphatic rings. The molecule has 1 aliphatic heterocycles. The third-order valence-electron chi connectivity index (χ3n) is 2.95. The van der Waals surface area contributed by atoms with Crippen molar-refractivity contribution in [2.75, 3.05) is 13.1 Å². The SMILES string of the molecule is CCC1C(=O)NCCN1S(=O)(=O)c1cncc(F)c1. The third-order valence-corrected chi connectivity index (χ3v) is 4.83. The molecule has 0 radical (unpaired) electrons. The van der Waals surface area contributed by atoms with Gasteiger partial charge in [0.05, 0.1) is 6.20 Å². The maximum absolute atomic E-state index is 13.1. The van der Waals surface area contributed by atoms with E-state index in [1.165, 1.54) is 0 Å². The average Bonchev–Trinajstić information content (AvgIpc) is 2.38. The zero-order chi connectivity index (χ0) is 14.0. The Morgan fingerprint density at radius 3 is 2.89 bits per heavy atom. The molecule has 0 saturated carbocycles. The molecule has 8 heteroatoms. The summed E-state index contributed by atoms with van der Waals surface area (Å²) >= 11 is 0. The number of nitrogens with one attached hydrogen (secondary N) is 1. The molecule has 1 amide bonds. The number of halogens is 1. The number of rotatable bonds is 3. The number of sulfonamides is 1. The number of pyridine rings is 1. The standard InChI is InChI=1S/C11H14FN3O3S/c1-2-10-11(16)14-3-4-15(10)19(17,18)9-5-8(12)6-13-7-9/h5-7,10H,2-4H2,1H3,(H,14,16). The summed E-state index contributed by atoms with van der Waals surface area (Å²) in [5.41, 5.74) is 0. The van der Waals surface area contributed by atoms with E-state index in [0.717, 1.165) is 22.8 Å². The molecular weight excluding hydrogens is 273 g/mol. The quantitative estimate of drug-likeness (QED) is 0.856. The van der Waals surface area contributed by atoms with Gasteiger partial charge in [-0.15, -0.1) is 0 Å². The van der Waals surface area contributed by atoms with Crippen LogP contribution in [0.5, 0.6) is 0 Å². The summed E-state index contributed by atoms with van der Waals surface area (Å²) < 4.78 is 39.0. The fourth-order valence-corrected chi connectivity index (χ4v) is 3.68. The summed E-state index contributed by atoms with van der Waals surface area (Å²) in [5.74, 6) is -1.06. The van der Waals surface area contributed by atoms with Crippen molar-refractivity contribution >= 4 is 15.9 Å². The van der Waals surface area contributed by atoms with E-state index < -0.39 is 21.9 Å². The Hall–Kier alpha value is -1.54. The van der Waals surface area contributed by atoms with Gasteiger partial charge in [0, 0.05) is 19.3 Å². The Kier molecular flexibility index (Phi) is 3.81. The largest absolute Gasteiger partial charge is 0.353 e. The lowest BCUT2D eigenvalue weighted by atomic mass is 10.2. The first kappa shape index (κ1) is 13.9. The molecule has 6 nitrogen and oxygen atoms in total. The van der Waals surface area contributed by atoms with Crippen LogP contribution >= 0.6 is 0 Å². The molecule has 104 valence electrons. The fraction of sp³-hybridized carbons (Fsp3) is 0.455. The number of piperazine rings is 1. The molecule has 2 rings (SSSR count). The van der Waals surface area contributed by atoms with Gasteiger partial charge in [-0.1, -0.05) is 6.92 Å². The van der Waals surface area contributed by atoms with Crippen LogP contribution in [0.1, 0.15) is 13.3 Å². The molecule has 1 aromatic rings. The number of nitrogens with zero attached hydrogens (tertiary/aromatic N) is 2. The van der Waals surface area contributed by atoms with Gasteiger partial charge in [0.25, 0.3) is 0 Å². The lowest BCUT2D eigenvalue weighted by Gasteiger charge is -2.33. The van der Waals surface area contributed by atoms with Crippen LogP contribution in [0.4, 0.5) is 4.39 Å². The fourth-order valence-electron chi connectivity index (χ4n) is 2.04. The van der Waals surface area contributed by atoms with Gasteiger partial charge in [0.15, 0.2) is 0 Å². The molecule has 1 unspecified atom stereocenters. The van der Waals surface area contributed by atoms with Crippen LogP contribution in [-0.2, 0) is 14.8 Å². The topological polar surface area (TPSA) is 79.4 Å². The summed E-state index contributed by atoms with van der Waals surface area (Å²) in [6.45, 7) is 2.14. The number of hydrogen-bond acceptors (Lipinski definition) is 4. The smallest absolute Gasteiger partial charge is 0.245 e. The van der Waals surface area contributed by atoms with Crippen LogP contribution in [0.25, 0.3) is 0 Å². The predicted octanol–water partition coefficient (Wildman–Crippen LogP) is 0.120. The first-order valence-corrected chi connectivity index (χ1v) is 7.31. The van der Waals surface area contributed by atoms with Crippen molar-refractivity contribution in [3.05, 3.63) is 24.3 Å². The van der Waals surface area contributed by atoms with Gasteiger partial charge in [-0.05, 0) is 12.5 Å². The molecule has 1 saturated heterocycles. The van der Waals surface area contributed by atoms with Crippen molar-refractivity contribution in [2.24, 2.45) is 0 Å². The number of aromatic nitrogens is 1. The predicted molar refractivity (Wildman–Crippen MR) is 65.2 cm³/mol. The van der Waals surface area contributed by atoms with Gasteiger partial charge in [0.2, 0.25) is 15.9 Å². The van der Waals surface area contributed by atoms with Gasteiger partial charge >= 0.3 is 0 Å². The minimum atomic E-state index is -3.91. The number of carbonyl (C=O) groups excluding carboxylic acids is 1. The highest BCUT2D eigenvalue weighted by Gasteiger charge is 2.37. The summed E-state index contributed by atoms with van der Waals surface area (Å²) in [6.07, 6.45) is 2.37. The molecule has 0 aliphatic carbocycles. The second kappa shape index (κ2) is 5.22. The maximum Gasteiger partial charge on any atom is 0.245 e. The van der Waals surface area contributed by atoms with Gasteiger partial charge < -0.3 is 5.32 Å². The molecule has 1 atom stereocenters. The van der Waals surface area contributed by atoms with Crippen molar-refractivity contribution in [3.63, 3.8) is 0 Å². The average molecular weight is 287 g/mol. The van der Waals surface area contributed by atoms with E-state index in [0.29, 0.717) is 6.42 Å². The van der Waals surface area contributed by atoms with Gasteiger partial charge in [-0.2, -0.15) is 4.31 Å². The van der Waals surface area contributed by atoms with E-state index >= 15 is 0 Å². The highest BCUT2D eigenvalue weighted by Crippen LogP contribution is 2.21. The molecule has 1 fully saturated rings. The van der Waals surface area contributed by atoms with Gasteiger partial charge in [0.1, 0.15) is 16.8 Å². The molecular formula is C11H14FN3O3S. The Balaban J connectivity index is 2.40. The normalized spacial score (nSPS) is 21.2. The van der Waals surface area contributed by atoms with Crippen LogP contribution < -0.4 is 5.32 Å². The summed E-state index contributed by atoms with van der Waals surface area (Å²) in [4.78, 5) is 15.0. The zero-order valence-electron chi connectivity index (χ0n) is 10.3. The van der Waals surface area contributed by atoms with Crippen molar-refractivity contribution in [1.29, 1.82) is 0 Å². The maximum atomic E-state index is 13.1. The van der Waals surface area contributed by atoms with Gasteiger partial charge in [-0.3, -0.25) is 9.78 Å². The van der Waals surface area contributed by atoms with E-state index in [-0.39, 0.29) is 23.9 Å². The zero-order valence-corrected chi connectivity index (χ0v) is 11.2.